The summed E-state index contributed by atoms with van der Waals surface area (Å²) in [4.78, 5) is 47.2. The Balaban J connectivity index is 1.95. The van der Waals surface area contributed by atoms with Crippen LogP contribution in [0.4, 0.5) is 4.79 Å². The minimum Gasteiger partial charge on any atom is -0.481 e. The number of hydrogen-bond donors (Lipinski definition) is 3. The molecule has 3 N–H and O–H groups in total. The Kier molecular flexibility index (Phi) is 4.44. The standard InChI is InChI=1S/C13H19N3O5/c1-7-11(18)15-10(17)6-16(7)13(21)14-9-4-2-3-8(5-9)12(19)20/h7-9H,2-6H2,1H3,(H,14,21)(H,19,20)(H,15,17,18). The van der Waals surface area contributed by atoms with E-state index in [0.717, 1.165) is 6.42 Å². The van der Waals surface area contributed by atoms with Crippen LogP contribution in [-0.2, 0) is 14.4 Å². The maximum atomic E-state index is 12.2. The maximum absolute atomic E-state index is 12.2. The predicted molar refractivity (Wildman–Crippen MR) is 71.2 cm³/mol. The molecule has 3 unspecified atom stereocenters. The van der Waals surface area contributed by atoms with Gasteiger partial charge in [0.05, 0.1) is 5.92 Å². The Morgan fingerprint density at radius 2 is 2.05 bits per heavy atom. The molecule has 116 valence electrons. The zero-order valence-electron chi connectivity index (χ0n) is 11.8. The molecule has 0 aromatic heterocycles. The quantitative estimate of drug-likeness (QED) is 0.604. The Labute approximate surface area is 121 Å². The average Bonchev–Trinajstić information content (AvgIpc) is 2.43. The number of aliphatic carboxylic acids is 1. The predicted octanol–water partition coefficient (Wildman–Crippen LogP) is -0.314. The van der Waals surface area contributed by atoms with E-state index in [1.165, 1.54) is 4.90 Å². The smallest absolute Gasteiger partial charge is 0.318 e. The summed E-state index contributed by atoms with van der Waals surface area (Å²) in [5, 5.41) is 13.9. The van der Waals surface area contributed by atoms with E-state index in [-0.39, 0.29) is 12.6 Å². The van der Waals surface area contributed by atoms with Gasteiger partial charge in [0.2, 0.25) is 11.8 Å². The highest BCUT2D eigenvalue weighted by Gasteiger charge is 2.35. The molecule has 0 radical (unpaired) electrons. The second-order valence-corrected chi connectivity index (χ2v) is 5.56. The first-order valence-electron chi connectivity index (χ1n) is 7.02. The van der Waals surface area contributed by atoms with Gasteiger partial charge in [0.25, 0.3) is 0 Å². The summed E-state index contributed by atoms with van der Waals surface area (Å²) in [5.74, 6) is -2.32. The zero-order valence-corrected chi connectivity index (χ0v) is 11.8. The molecular formula is C13H19N3O5. The molecule has 1 aliphatic carbocycles. The van der Waals surface area contributed by atoms with E-state index in [1.807, 2.05) is 0 Å². The molecule has 0 spiro atoms. The molecule has 2 fully saturated rings. The summed E-state index contributed by atoms with van der Waals surface area (Å²) in [6, 6.07) is -1.46. The van der Waals surface area contributed by atoms with E-state index in [2.05, 4.69) is 10.6 Å². The Hall–Kier alpha value is -2.12. The van der Waals surface area contributed by atoms with Crippen LogP contribution >= 0.6 is 0 Å². The number of piperazine rings is 1. The first-order valence-corrected chi connectivity index (χ1v) is 7.02. The van der Waals surface area contributed by atoms with Crippen molar-refractivity contribution in [1.82, 2.24) is 15.5 Å². The average molecular weight is 297 g/mol. The van der Waals surface area contributed by atoms with Crippen molar-refractivity contribution in [2.45, 2.75) is 44.7 Å². The van der Waals surface area contributed by atoms with E-state index in [1.54, 1.807) is 6.92 Å². The van der Waals surface area contributed by atoms with Gasteiger partial charge in [-0.25, -0.2) is 4.79 Å². The molecule has 8 heteroatoms. The van der Waals surface area contributed by atoms with Crippen LogP contribution in [0.15, 0.2) is 0 Å². The number of rotatable bonds is 2. The summed E-state index contributed by atoms with van der Waals surface area (Å²) in [6.07, 6.45) is 2.43. The van der Waals surface area contributed by atoms with E-state index in [4.69, 9.17) is 5.11 Å². The second kappa shape index (κ2) is 6.11. The molecule has 1 aliphatic heterocycles. The minimum absolute atomic E-state index is 0.173. The molecule has 2 rings (SSSR count). The largest absolute Gasteiger partial charge is 0.481 e. The summed E-state index contributed by atoms with van der Waals surface area (Å²) in [7, 11) is 0. The van der Waals surface area contributed by atoms with Crippen molar-refractivity contribution in [1.29, 1.82) is 0 Å². The number of urea groups is 1. The minimum atomic E-state index is -0.852. The molecular weight excluding hydrogens is 278 g/mol. The highest BCUT2D eigenvalue weighted by Crippen LogP contribution is 2.24. The third-order valence-electron chi connectivity index (χ3n) is 4.04. The highest BCUT2D eigenvalue weighted by molar-refractivity contribution is 6.03. The number of carboxylic acid groups (broad SMARTS) is 1. The van der Waals surface area contributed by atoms with Crippen LogP contribution in [0.3, 0.4) is 0 Å². The van der Waals surface area contributed by atoms with Crippen molar-refractivity contribution in [2.24, 2.45) is 5.92 Å². The number of carbonyl (C=O) groups excluding carboxylic acids is 3. The first kappa shape index (κ1) is 15.3. The number of hydrogen-bond acceptors (Lipinski definition) is 4. The van der Waals surface area contributed by atoms with Gasteiger partial charge >= 0.3 is 12.0 Å². The van der Waals surface area contributed by atoms with Gasteiger partial charge in [0.15, 0.2) is 0 Å². The third kappa shape index (κ3) is 3.50. The van der Waals surface area contributed by atoms with Gasteiger partial charge in [0.1, 0.15) is 12.6 Å². The Bertz CT molecular complexity index is 478. The molecule has 3 atom stereocenters. The van der Waals surface area contributed by atoms with Gasteiger partial charge in [-0.3, -0.25) is 19.7 Å². The number of carboxylic acids is 1. The monoisotopic (exact) mass is 297 g/mol. The summed E-state index contributed by atoms with van der Waals surface area (Å²) >= 11 is 0. The Morgan fingerprint density at radius 1 is 1.33 bits per heavy atom. The van der Waals surface area contributed by atoms with Crippen LogP contribution < -0.4 is 10.6 Å². The van der Waals surface area contributed by atoms with Gasteiger partial charge < -0.3 is 15.3 Å². The van der Waals surface area contributed by atoms with Crippen molar-refractivity contribution in [3.63, 3.8) is 0 Å². The third-order valence-corrected chi connectivity index (χ3v) is 4.04. The SMILES string of the molecule is CC1C(=O)NC(=O)CN1C(=O)NC1CCCC(C(=O)O)C1. The molecule has 0 aromatic rings. The normalized spacial score (nSPS) is 29.8. The van der Waals surface area contributed by atoms with Crippen molar-refractivity contribution in [3.05, 3.63) is 0 Å². The number of amides is 4. The van der Waals surface area contributed by atoms with E-state index in [0.29, 0.717) is 19.3 Å². The lowest BCUT2D eigenvalue weighted by molar-refractivity contribution is -0.143. The summed E-state index contributed by atoms with van der Waals surface area (Å²) < 4.78 is 0. The lowest BCUT2D eigenvalue weighted by Gasteiger charge is -2.34. The number of imide groups is 1. The molecule has 1 heterocycles. The van der Waals surface area contributed by atoms with E-state index < -0.39 is 35.8 Å². The van der Waals surface area contributed by atoms with E-state index in [9.17, 15) is 19.2 Å². The van der Waals surface area contributed by atoms with Crippen LogP contribution in [0, 0.1) is 5.92 Å². The van der Waals surface area contributed by atoms with Crippen molar-refractivity contribution in [2.75, 3.05) is 6.54 Å². The molecule has 4 amide bonds. The zero-order chi connectivity index (χ0) is 15.6. The molecule has 1 saturated carbocycles. The molecule has 21 heavy (non-hydrogen) atoms. The van der Waals surface area contributed by atoms with Gasteiger partial charge in [-0.1, -0.05) is 6.42 Å². The van der Waals surface area contributed by atoms with E-state index >= 15 is 0 Å². The fraction of sp³-hybridized carbons (Fsp3) is 0.692. The number of nitrogens with one attached hydrogen (secondary N) is 2. The highest BCUT2D eigenvalue weighted by atomic mass is 16.4. The molecule has 1 saturated heterocycles. The topological polar surface area (TPSA) is 116 Å². The van der Waals surface area contributed by atoms with Gasteiger partial charge in [-0.2, -0.15) is 0 Å². The van der Waals surface area contributed by atoms with Crippen LogP contribution in [0.25, 0.3) is 0 Å². The van der Waals surface area contributed by atoms with Gasteiger partial charge in [-0.15, -0.1) is 0 Å². The van der Waals surface area contributed by atoms with Gasteiger partial charge in [-0.05, 0) is 26.2 Å². The van der Waals surface area contributed by atoms with Crippen molar-refractivity contribution in [3.8, 4) is 0 Å². The van der Waals surface area contributed by atoms with Crippen molar-refractivity contribution < 1.29 is 24.3 Å². The van der Waals surface area contributed by atoms with Crippen LogP contribution in [0.1, 0.15) is 32.6 Å². The number of carbonyl (C=O) groups is 4. The summed E-state index contributed by atoms with van der Waals surface area (Å²) in [5.41, 5.74) is 0. The van der Waals surface area contributed by atoms with Gasteiger partial charge in [0, 0.05) is 6.04 Å². The lowest BCUT2D eigenvalue weighted by Crippen LogP contribution is -2.61. The van der Waals surface area contributed by atoms with Crippen molar-refractivity contribution >= 4 is 23.8 Å². The second-order valence-electron chi connectivity index (χ2n) is 5.56. The molecule has 0 bridgehead atoms. The fourth-order valence-corrected chi connectivity index (χ4v) is 2.76. The number of nitrogens with zero attached hydrogens (tertiary/aromatic N) is 1. The molecule has 2 aliphatic rings. The molecule has 8 nitrogen and oxygen atoms in total. The van der Waals surface area contributed by atoms with Crippen LogP contribution in [0.2, 0.25) is 0 Å². The first-order chi connectivity index (χ1) is 9.88. The fourth-order valence-electron chi connectivity index (χ4n) is 2.76. The van der Waals surface area contributed by atoms with Crippen LogP contribution in [0.5, 0.6) is 0 Å². The van der Waals surface area contributed by atoms with Crippen LogP contribution in [-0.4, -0.2) is 52.4 Å². The lowest BCUT2D eigenvalue weighted by atomic mass is 9.86. The summed E-state index contributed by atoms with van der Waals surface area (Å²) in [6.45, 7) is 1.37. The molecule has 0 aromatic carbocycles. The maximum Gasteiger partial charge on any atom is 0.318 e. The Morgan fingerprint density at radius 3 is 2.71 bits per heavy atom.